The second-order valence-corrected chi connectivity index (χ2v) is 10.4. The molecule has 0 spiro atoms. The van der Waals surface area contributed by atoms with Crippen molar-refractivity contribution >= 4 is 39.1 Å². The highest BCUT2D eigenvalue weighted by Crippen LogP contribution is 2.30. The zero-order chi connectivity index (χ0) is 26.3. The molecule has 0 fully saturated rings. The number of carbonyl (C=O) groups excluding carboxylic acids is 1. The number of carbonyl (C=O) groups is 1. The lowest BCUT2D eigenvalue weighted by Gasteiger charge is -2.19. The van der Waals surface area contributed by atoms with E-state index in [9.17, 15) is 19.3 Å². The number of nitro groups is 1. The summed E-state index contributed by atoms with van der Waals surface area (Å²) < 4.78 is 16.3. The molecule has 1 amide bonds. The number of hydrogen-bond acceptors (Lipinski definition) is 7. The summed E-state index contributed by atoms with van der Waals surface area (Å²) in [5.41, 5.74) is 2.37. The molecule has 1 N–H and O–H groups in total. The van der Waals surface area contributed by atoms with Crippen LogP contribution < -0.4 is 5.32 Å². The van der Waals surface area contributed by atoms with E-state index < -0.39 is 16.6 Å². The Bertz CT molecular complexity index is 1650. The number of anilines is 1. The molecule has 0 saturated carbocycles. The minimum absolute atomic E-state index is 0.0286. The van der Waals surface area contributed by atoms with Crippen molar-refractivity contribution < 1.29 is 14.1 Å². The number of halogens is 1. The van der Waals surface area contributed by atoms with Crippen molar-refractivity contribution in [1.29, 1.82) is 0 Å². The van der Waals surface area contributed by atoms with Crippen LogP contribution in [-0.4, -0.2) is 30.6 Å². The van der Waals surface area contributed by atoms with Crippen molar-refractivity contribution in [1.82, 2.24) is 19.7 Å². The maximum absolute atomic E-state index is 14.7. The summed E-state index contributed by atoms with van der Waals surface area (Å²) in [6, 6.07) is 16.6. The minimum Gasteiger partial charge on any atom is -0.305 e. The normalized spacial score (nSPS) is 11.6. The molecule has 0 aliphatic heterocycles. The summed E-state index contributed by atoms with van der Waals surface area (Å²) in [4.78, 5) is 32.6. The molecule has 11 heteroatoms. The summed E-state index contributed by atoms with van der Waals surface area (Å²) in [5.74, 6) is -0.929. The highest BCUT2D eigenvalue weighted by Gasteiger charge is 2.21. The average molecular weight is 517 g/mol. The third kappa shape index (κ3) is 4.68. The molecule has 0 bridgehead atoms. The lowest BCUT2D eigenvalue weighted by Crippen LogP contribution is -2.13. The predicted octanol–water partition coefficient (Wildman–Crippen LogP) is 6.14. The third-order valence-electron chi connectivity index (χ3n) is 5.75. The van der Waals surface area contributed by atoms with Gasteiger partial charge in [0.1, 0.15) is 11.6 Å². The molecule has 186 valence electrons. The van der Waals surface area contributed by atoms with E-state index in [0.717, 1.165) is 22.6 Å². The van der Waals surface area contributed by atoms with Gasteiger partial charge < -0.3 is 5.32 Å². The number of hydrogen-bond donors (Lipinski definition) is 1. The lowest BCUT2D eigenvalue weighted by atomic mass is 9.87. The first-order valence-corrected chi connectivity index (χ1v) is 12.1. The molecule has 0 saturated heterocycles. The zero-order valence-corrected chi connectivity index (χ0v) is 20.9. The van der Waals surface area contributed by atoms with Gasteiger partial charge in [0, 0.05) is 6.07 Å². The van der Waals surface area contributed by atoms with Crippen molar-refractivity contribution in [2.75, 3.05) is 5.32 Å². The molecule has 3 heterocycles. The summed E-state index contributed by atoms with van der Waals surface area (Å²) in [6.45, 7) is 6.36. The number of nitrogens with zero attached hydrogens (tertiary/aromatic N) is 5. The van der Waals surface area contributed by atoms with Crippen LogP contribution in [-0.2, 0) is 5.41 Å². The zero-order valence-electron chi connectivity index (χ0n) is 20.1. The van der Waals surface area contributed by atoms with E-state index in [-0.39, 0.29) is 32.5 Å². The molecule has 5 rings (SSSR count). The average Bonchev–Trinajstić information content (AvgIpc) is 3.52. The van der Waals surface area contributed by atoms with Crippen LogP contribution in [0.5, 0.6) is 0 Å². The Kier molecular flexibility index (Phi) is 6.00. The van der Waals surface area contributed by atoms with Crippen molar-refractivity contribution in [3.8, 4) is 17.1 Å². The third-order valence-corrected chi connectivity index (χ3v) is 6.78. The van der Waals surface area contributed by atoms with Gasteiger partial charge in [0.05, 0.1) is 32.6 Å². The van der Waals surface area contributed by atoms with Gasteiger partial charge in [-0.3, -0.25) is 14.9 Å². The molecular weight excluding hydrogens is 495 g/mol. The summed E-state index contributed by atoms with van der Waals surface area (Å²) >= 11 is 0.747. The van der Waals surface area contributed by atoms with Gasteiger partial charge in [-0.05, 0) is 41.3 Å². The molecule has 2 aromatic carbocycles. The largest absolute Gasteiger partial charge is 0.324 e. The monoisotopic (exact) mass is 516 g/mol. The van der Waals surface area contributed by atoms with Crippen LogP contribution in [0.3, 0.4) is 0 Å². The van der Waals surface area contributed by atoms with Crippen molar-refractivity contribution in [2.24, 2.45) is 0 Å². The fourth-order valence-corrected chi connectivity index (χ4v) is 4.49. The fraction of sp³-hybridized carbons (Fsp3) is 0.154. The van der Waals surface area contributed by atoms with Crippen molar-refractivity contribution in [2.45, 2.75) is 26.2 Å². The van der Waals surface area contributed by atoms with E-state index in [4.69, 9.17) is 0 Å². The number of benzene rings is 2. The molecule has 5 aromatic rings. The van der Waals surface area contributed by atoms with Crippen LogP contribution in [0.15, 0.2) is 66.9 Å². The second kappa shape index (κ2) is 9.17. The number of nitrogens with one attached hydrogen (secondary N) is 1. The van der Waals surface area contributed by atoms with E-state index in [1.54, 1.807) is 22.9 Å². The molecular formula is C26H21FN6O3S. The van der Waals surface area contributed by atoms with Gasteiger partial charge in [0.25, 0.3) is 5.91 Å². The molecule has 0 aliphatic rings. The maximum Gasteiger partial charge on any atom is 0.324 e. The number of aromatic nitrogens is 4. The van der Waals surface area contributed by atoms with Crippen molar-refractivity contribution in [3.05, 3.63) is 93.2 Å². The SMILES string of the molecule is CC(C)(C)c1ccc(-n2ncc3c(NC(=O)c4ccc([N+](=O)[O-])s4)nc(-c4ccccc4F)nc32)cc1. The first kappa shape index (κ1) is 24.2. The van der Waals surface area contributed by atoms with E-state index in [0.29, 0.717) is 11.0 Å². The Morgan fingerprint density at radius 3 is 2.43 bits per heavy atom. The number of thiophene rings is 1. The molecule has 3 aromatic heterocycles. The van der Waals surface area contributed by atoms with E-state index in [2.05, 4.69) is 41.2 Å². The van der Waals surface area contributed by atoms with Gasteiger partial charge in [-0.15, -0.1) is 0 Å². The quantitative estimate of drug-likeness (QED) is 0.222. The van der Waals surface area contributed by atoms with Crippen LogP contribution in [0, 0.1) is 15.9 Å². The van der Waals surface area contributed by atoms with Crippen LogP contribution in [0.4, 0.5) is 15.2 Å². The first-order valence-electron chi connectivity index (χ1n) is 11.3. The highest BCUT2D eigenvalue weighted by atomic mass is 32.1. The number of rotatable bonds is 5. The Hall–Kier alpha value is -4.51. The molecule has 0 radical (unpaired) electrons. The minimum atomic E-state index is -0.583. The van der Waals surface area contributed by atoms with Gasteiger partial charge in [0.15, 0.2) is 11.5 Å². The van der Waals surface area contributed by atoms with Crippen LogP contribution >= 0.6 is 11.3 Å². The number of fused-ring (bicyclic) bond motifs is 1. The summed E-state index contributed by atoms with van der Waals surface area (Å²) in [5, 5.41) is 18.5. The lowest BCUT2D eigenvalue weighted by molar-refractivity contribution is -0.380. The predicted molar refractivity (Wildman–Crippen MR) is 140 cm³/mol. The Morgan fingerprint density at radius 2 is 1.78 bits per heavy atom. The van der Waals surface area contributed by atoms with Crippen molar-refractivity contribution in [3.63, 3.8) is 0 Å². The van der Waals surface area contributed by atoms with E-state index in [1.807, 2.05) is 24.3 Å². The van der Waals surface area contributed by atoms with Gasteiger partial charge in [-0.1, -0.05) is 56.4 Å². The molecule has 9 nitrogen and oxygen atoms in total. The number of amides is 1. The Labute approximate surface area is 214 Å². The molecule has 0 atom stereocenters. The second-order valence-electron chi connectivity index (χ2n) is 9.32. The Morgan fingerprint density at radius 1 is 1.05 bits per heavy atom. The fourth-order valence-electron chi connectivity index (χ4n) is 3.77. The van der Waals surface area contributed by atoms with Gasteiger partial charge in [-0.25, -0.2) is 19.0 Å². The van der Waals surface area contributed by atoms with E-state index >= 15 is 0 Å². The summed E-state index contributed by atoms with van der Waals surface area (Å²) in [6.07, 6.45) is 1.52. The van der Waals surface area contributed by atoms with Crippen LogP contribution in [0.25, 0.3) is 28.1 Å². The molecule has 0 unspecified atom stereocenters. The van der Waals surface area contributed by atoms with Gasteiger partial charge >= 0.3 is 5.00 Å². The topological polar surface area (TPSA) is 116 Å². The van der Waals surface area contributed by atoms with Crippen LogP contribution in [0.2, 0.25) is 0 Å². The van der Waals surface area contributed by atoms with Gasteiger partial charge in [0.2, 0.25) is 0 Å². The van der Waals surface area contributed by atoms with Gasteiger partial charge in [-0.2, -0.15) is 5.10 Å². The standard InChI is InChI=1S/C26H21FN6O3S/c1-26(2,3)15-8-10-16(11-9-15)32-24-18(14-28-32)23(29-22(30-24)17-6-4-5-7-19(17)27)31-25(34)20-12-13-21(37-20)33(35)36/h4-14H,1-3H3,(H,29,30,31,34). The maximum atomic E-state index is 14.7. The van der Waals surface area contributed by atoms with E-state index in [1.165, 1.54) is 24.4 Å². The molecule has 0 aliphatic carbocycles. The summed E-state index contributed by atoms with van der Waals surface area (Å²) in [7, 11) is 0. The molecule has 37 heavy (non-hydrogen) atoms. The first-order chi connectivity index (χ1) is 17.6. The Balaban J connectivity index is 1.63. The highest BCUT2D eigenvalue weighted by molar-refractivity contribution is 7.17. The smallest absolute Gasteiger partial charge is 0.305 e. The van der Waals surface area contributed by atoms with Crippen LogP contribution in [0.1, 0.15) is 36.0 Å².